The molecule has 0 aliphatic rings. The van der Waals surface area contributed by atoms with Gasteiger partial charge in [0.2, 0.25) is 0 Å². The molecule has 0 spiro atoms. The average Bonchev–Trinajstić information content (AvgIpc) is 2.47. The Morgan fingerprint density at radius 3 is 2.13 bits per heavy atom. The normalized spacial score (nSPS) is 14.3. The Morgan fingerprint density at radius 2 is 1.65 bits per heavy atom. The molecule has 0 aliphatic carbocycles. The second-order valence-corrected chi connectivity index (χ2v) is 6.81. The van der Waals surface area contributed by atoms with Crippen molar-refractivity contribution in [3.8, 4) is 5.75 Å². The third kappa shape index (κ3) is 3.90. The molecule has 0 radical (unpaired) electrons. The molecule has 4 nitrogen and oxygen atoms in total. The first-order valence-corrected chi connectivity index (χ1v) is 7.58. The van der Waals surface area contributed by atoms with Crippen LogP contribution in [-0.2, 0) is 10.2 Å². The van der Waals surface area contributed by atoms with Crippen molar-refractivity contribution < 1.29 is 15.0 Å². The Kier molecular flexibility index (Phi) is 4.76. The van der Waals surface area contributed by atoms with Crippen LogP contribution in [0.1, 0.15) is 43.4 Å². The molecular formula is C19H23NO3. The summed E-state index contributed by atoms with van der Waals surface area (Å²) in [7, 11) is 0. The summed E-state index contributed by atoms with van der Waals surface area (Å²) in [6.45, 7) is 6.37. The van der Waals surface area contributed by atoms with Gasteiger partial charge in [0.1, 0.15) is 11.8 Å². The van der Waals surface area contributed by atoms with E-state index in [2.05, 4.69) is 20.8 Å². The highest BCUT2D eigenvalue weighted by Gasteiger charge is 2.28. The molecule has 0 saturated carbocycles. The van der Waals surface area contributed by atoms with Gasteiger partial charge in [-0.3, -0.25) is 4.79 Å². The molecule has 0 amide bonds. The van der Waals surface area contributed by atoms with E-state index in [9.17, 15) is 15.0 Å². The summed E-state index contributed by atoms with van der Waals surface area (Å²) in [6, 6.07) is 13.3. The molecule has 0 aliphatic heterocycles. The van der Waals surface area contributed by atoms with Gasteiger partial charge in [-0.25, -0.2) is 0 Å². The van der Waals surface area contributed by atoms with Gasteiger partial charge in [0.15, 0.2) is 0 Å². The van der Waals surface area contributed by atoms with E-state index in [-0.39, 0.29) is 11.2 Å². The molecule has 2 aromatic carbocycles. The van der Waals surface area contributed by atoms with Crippen molar-refractivity contribution in [2.75, 3.05) is 0 Å². The van der Waals surface area contributed by atoms with Crippen LogP contribution in [0.2, 0.25) is 0 Å². The number of benzene rings is 2. The maximum absolute atomic E-state index is 11.4. The van der Waals surface area contributed by atoms with Crippen LogP contribution in [0.4, 0.5) is 0 Å². The van der Waals surface area contributed by atoms with Crippen molar-refractivity contribution >= 4 is 5.97 Å². The van der Waals surface area contributed by atoms with Crippen LogP contribution >= 0.6 is 0 Å². The van der Waals surface area contributed by atoms with Gasteiger partial charge in [0, 0.05) is 5.92 Å². The fourth-order valence-electron chi connectivity index (χ4n) is 2.66. The molecule has 0 aromatic heterocycles. The number of aliphatic carboxylic acids is 1. The van der Waals surface area contributed by atoms with Crippen molar-refractivity contribution in [2.24, 2.45) is 5.73 Å². The van der Waals surface area contributed by atoms with Gasteiger partial charge in [-0.2, -0.15) is 0 Å². The van der Waals surface area contributed by atoms with E-state index in [1.54, 1.807) is 24.3 Å². The lowest BCUT2D eigenvalue weighted by molar-refractivity contribution is -0.138. The van der Waals surface area contributed by atoms with Crippen molar-refractivity contribution in [1.29, 1.82) is 0 Å². The Labute approximate surface area is 136 Å². The number of aromatic hydroxyl groups is 1. The first-order valence-electron chi connectivity index (χ1n) is 7.58. The van der Waals surface area contributed by atoms with E-state index in [1.807, 2.05) is 24.3 Å². The number of rotatable bonds is 4. The third-order valence-electron chi connectivity index (χ3n) is 4.01. The monoisotopic (exact) mass is 313 g/mol. The third-order valence-corrected chi connectivity index (χ3v) is 4.01. The number of hydrogen-bond acceptors (Lipinski definition) is 3. The summed E-state index contributed by atoms with van der Waals surface area (Å²) in [4.78, 5) is 11.4. The highest BCUT2D eigenvalue weighted by molar-refractivity contribution is 5.75. The quantitative estimate of drug-likeness (QED) is 0.809. The maximum Gasteiger partial charge on any atom is 0.321 e. The lowest BCUT2D eigenvalue weighted by Gasteiger charge is -2.24. The molecule has 2 atom stereocenters. The van der Waals surface area contributed by atoms with E-state index in [0.29, 0.717) is 5.56 Å². The van der Waals surface area contributed by atoms with Gasteiger partial charge in [0.25, 0.3) is 0 Å². The fourth-order valence-corrected chi connectivity index (χ4v) is 2.66. The van der Waals surface area contributed by atoms with Crippen LogP contribution in [0.15, 0.2) is 48.5 Å². The smallest absolute Gasteiger partial charge is 0.321 e. The molecule has 4 N–H and O–H groups in total. The van der Waals surface area contributed by atoms with Gasteiger partial charge in [-0.05, 0) is 34.2 Å². The number of carbonyl (C=O) groups is 1. The predicted molar refractivity (Wildman–Crippen MR) is 90.7 cm³/mol. The zero-order valence-corrected chi connectivity index (χ0v) is 13.7. The van der Waals surface area contributed by atoms with Crippen molar-refractivity contribution in [2.45, 2.75) is 38.1 Å². The molecule has 4 heteroatoms. The molecular weight excluding hydrogens is 290 g/mol. The van der Waals surface area contributed by atoms with Crippen LogP contribution in [-0.4, -0.2) is 22.2 Å². The number of phenols is 1. The van der Waals surface area contributed by atoms with Crippen LogP contribution in [0.5, 0.6) is 5.75 Å². The Balaban J connectivity index is 2.48. The van der Waals surface area contributed by atoms with E-state index in [1.165, 1.54) is 5.56 Å². The average molecular weight is 313 g/mol. The topological polar surface area (TPSA) is 83.5 Å². The highest BCUT2D eigenvalue weighted by Crippen LogP contribution is 2.31. The molecule has 0 bridgehead atoms. The predicted octanol–water partition coefficient (Wildman–Crippen LogP) is 3.23. The van der Waals surface area contributed by atoms with Crippen molar-refractivity contribution in [3.63, 3.8) is 0 Å². The van der Waals surface area contributed by atoms with Crippen LogP contribution in [0, 0.1) is 0 Å². The molecule has 0 unspecified atom stereocenters. The molecule has 0 saturated heterocycles. The number of phenolic OH excluding ortho intramolecular Hbond substituents is 1. The zero-order chi connectivity index (χ0) is 17.2. The van der Waals surface area contributed by atoms with Crippen molar-refractivity contribution in [1.82, 2.24) is 0 Å². The summed E-state index contributed by atoms with van der Waals surface area (Å²) >= 11 is 0. The Hall–Kier alpha value is -2.33. The lowest BCUT2D eigenvalue weighted by atomic mass is 9.82. The standard InChI is InChI=1S/C19H23NO3/c1-19(2,3)14-9-7-12(8-10-14)16(17(20)18(22)23)13-5-4-6-15(21)11-13/h4-11,16-17,21H,20H2,1-3H3,(H,22,23)/t16-,17-/m1/s1. The summed E-state index contributed by atoms with van der Waals surface area (Å²) in [6.07, 6.45) is 0. The van der Waals surface area contributed by atoms with E-state index in [0.717, 1.165) is 5.56 Å². The number of carboxylic acids is 1. The summed E-state index contributed by atoms with van der Waals surface area (Å²) in [5.41, 5.74) is 8.61. The SMILES string of the molecule is CC(C)(C)c1ccc([C@H](c2cccc(O)c2)[C@@H](N)C(=O)O)cc1. The molecule has 23 heavy (non-hydrogen) atoms. The number of nitrogens with two attached hydrogens (primary N) is 1. The zero-order valence-electron chi connectivity index (χ0n) is 13.7. The highest BCUT2D eigenvalue weighted by atomic mass is 16.4. The molecule has 2 aromatic rings. The number of carboxylic acid groups (broad SMARTS) is 1. The minimum Gasteiger partial charge on any atom is -0.508 e. The number of hydrogen-bond donors (Lipinski definition) is 3. The Morgan fingerprint density at radius 1 is 1.04 bits per heavy atom. The summed E-state index contributed by atoms with van der Waals surface area (Å²) in [5.74, 6) is -1.50. The van der Waals surface area contributed by atoms with E-state index in [4.69, 9.17) is 5.73 Å². The maximum atomic E-state index is 11.4. The summed E-state index contributed by atoms with van der Waals surface area (Å²) in [5, 5.41) is 19.0. The van der Waals surface area contributed by atoms with Gasteiger partial charge < -0.3 is 15.9 Å². The van der Waals surface area contributed by atoms with Crippen molar-refractivity contribution in [3.05, 3.63) is 65.2 Å². The molecule has 0 fully saturated rings. The van der Waals surface area contributed by atoms with Crippen LogP contribution in [0.3, 0.4) is 0 Å². The minimum atomic E-state index is -1.09. The summed E-state index contributed by atoms with van der Waals surface area (Å²) < 4.78 is 0. The fraction of sp³-hybridized carbons (Fsp3) is 0.316. The lowest BCUT2D eigenvalue weighted by Crippen LogP contribution is -2.37. The second-order valence-electron chi connectivity index (χ2n) is 6.81. The van der Waals surface area contributed by atoms with Crippen LogP contribution < -0.4 is 5.73 Å². The molecule has 2 rings (SSSR count). The van der Waals surface area contributed by atoms with E-state index < -0.39 is 17.9 Å². The second kappa shape index (κ2) is 6.42. The van der Waals surface area contributed by atoms with Crippen LogP contribution in [0.25, 0.3) is 0 Å². The van der Waals surface area contributed by atoms with E-state index >= 15 is 0 Å². The van der Waals surface area contributed by atoms with Gasteiger partial charge in [-0.1, -0.05) is 57.2 Å². The Bertz CT molecular complexity index is 687. The first kappa shape index (κ1) is 17.0. The van der Waals surface area contributed by atoms with Gasteiger partial charge in [0.05, 0.1) is 0 Å². The first-order chi connectivity index (χ1) is 10.7. The minimum absolute atomic E-state index is 0.0218. The van der Waals surface area contributed by atoms with Gasteiger partial charge in [-0.15, -0.1) is 0 Å². The molecule has 0 heterocycles. The van der Waals surface area contributed by atoms with Gasteiger partial charge >= 0.3 is 5.97 Å². The molecule has 122 valence electrons. The largest absolute Gasteiger partial charge is 0.508 e.